The highest BCUT2D eigenvalue weighted by atomic mass is 16.1. The van der Waals surface area contributed by atoms with Crippen molar-refractivity contribution in [1.29, 1.82) is 0 Å². The van der Waals surface area contributed by atoms with Gasteiger partial charge < -0.3 is 0 Å². The average Bonchev–Trinajstić information content (AvgIpc) is 2.60. The molecule has 3 aliphatic carbocycles. The van der Waals surface area contributed by atoms with E-state index in [1.165, 1.54) is 17.2 Å². The average molecular weight is 318 g/mol. The molecule has 1 aromatic carbocycles. The van der Waals surface area contributed by atoms with Crippen LogP contribution in [-0.4, -0.2) is 11.6 Å². The lowest BCUT2D eigenvalue weighted by atomic mass is 9.54. The number of benzene rings is 1. The Bertz CT molecular complexity index is 810. The first kappa shape index (κ1) is 15.3. The highest BCUT2D eigenvalue weighted by molar-refractivity contribution is 6.20. The van der Waals surface area contributed by atoms with Crippen LogP contribution < -0.4 is 0 Å². The molecule has 0 unspecified atom stereocenters. The maximum atomic E-state index is 13.0. The second-order valence-electron chi connectivity index (χ2n) is 7.48. The summed E-state index contributed by atoms with van der Waals surface area (Å²) < 4.78 is 0. The maximum absolute atomic E-state index is 13.0. The molecule has 1 aromatic rings. The van der Waals surface area contributed by atoms with Gasteiger partial charge in [0, 0.05) is 5.57 Å². The minimum atomic E-state index is -0.687. The van der Waals surface area contributed by atoms with E-state index < -0.39 is 5.41 Å². The predicted molar refractivity (Wildman–Crippen MR) is 94.6 cm³/mol. The van der Waals surface area contributed by atoms with Gasteiger partial charge in [-0.1, -0.05) is 48.1 Å². The van der Waals surface area contributed by atoms with Crippen LogP contribution in [0, 0.1) is 11.3 Å². The van der Waals surface area contributed by atoms with Crippen molar-refractivity contribution in [3.63, 3.8) is 0 Å². The lowest BCUT2D eigenvalue weighted by molar-refractivity contribution is -0.128. The third-order valence-corrected chi connectivity index (χ3v) is 6.18. The molecule has 3 aliphatic rings. The molecule has 0 aliphatic heterocycles. The van der Waals surface area contributed by atoms with Gasteiger partial charge >= 0.3 is 0 Å². The van der Waals surface area contributed by atoms with Gasteiger partial charge in [0.1, 0.15) is 0 Å². The molecule has 0 bridgehead atoms. The first-order valence-corrected chi connectivity index (χ1v) is 8.75. The Kier molecular flexibility index (Phi) is 3.45. The third-order valence-electron chi connectivity index (χ3n) is 6.18. The quantitative estimate of drug-likeness (QED) is 0.762. The fraction of sp³-hybridized carbons (Fsp3) is 0.364. The topological polar surface area (TPSA) is 34.1 Å². The summed E-state index contributed by atoms with van der Waals surface area (Å²) in [6, 6.07) is 10.6. The lowest BCUT2D eigenvalue weighted by Gasteiger charge is -2.47. The second-order valence-corrected chi connectivity index (χ2v) is 7.48. The Morgan fingerprint density at radius 2 is 1.83 bits per heavy atom. The van der Waals surface area contributed by atoms with Gasteiger partial charge in [0.25, 0.3) is 0 Å². The lowest BCUT2D eigenvalue weighted by Crippen LogP contribution is -2.46. The Morgan fingerprint density at radius 3 is 2.58 bits per heavy atom. The van der Waals surface area contributed by atoms with E-state index in [2.05, 4.69) is 30.3 Å². The highest BCUT2D eigenvalue weighted by Crippen LogP contribution is 2.54. The first-order valence-electron chi connectivity index (χ1n) is 8.75. The van der Waals surface area contributed by atoms with Crippen LogP contribution in [0.3, 0.4) is 0 Å². The van der Waals surface area contributed by atoms with Gasteiger partial charge in [-0.05, 0) is 62.2 Å². The molecule has 1 fully saturated rings. The zero-order chi connectivity index (χ0) is 16.9. The van der Waals surface area contributed by atoms with Gasteiger partial charge in [0.05, 0.1) is 5.41 Å². The van der Waals surface area contributed by atoms with Gasteiger partial charge in [-0.2, -0.15) is 0 Å². The van der Waals surface area contributed by atoms with Crippen LogP contribution in [0.15, 0.2) is 65.3 Å². The van der Waals surface area contributed by atoms with E-state index in [9.17, 15) is 9.59 Å². The Labute approximate surface area is 143 Å². The van der Waals surface area contributed by atoms with Gasteiger partial charge in [0.15, 0.2) is 11.6 Å². The molecule has 0 radical (unpaired) electrons. The van der Waals surface area contributed by atoms with Gasteiger partial charge in [-0.15, -0.1) is 0 Å². The largest absolute Gasteiger partial charge is 0.294 e. The summed E-state index contributed by atoms with van der Waals surface area (Å²) in [6.07, 6.45) is 8.57. The molecule has 0 heterocycles. The summed E-state index contributed by atoms with van der Waals surface area (Å²) in [6.45, 7) is 3.76. The fourth-order valence-corrected chi connectivity index (χ4v) is 4.82. The number of allylic oxidation sites excluding steroid dienone is 6. The van der Waals surface area contributed by atoms with Gasteiger partial charge in [0.2, 0.25) is 0 Å². The predicted octanol–water partition coefficient (Wildman–Crippen LogP) is 4.54. The van der Waals surface area contributed by atoms with Crippen molar-refractivity contribution in [3.8, 4) is 0 Å². The van der Waals surface area contributed by atoms with Crippen LogP contribution >= 0.6 is 0 Å². The third kappa shape index (κ3) is 2.09. The standard InChI is InChI=1S/C22H22O2/c1-14-12-20(23)18-11-10-16-8-9-17(15-6-4-3-5-7-15)13-19(16)22(18,2)21(14)24/h3-7,10-12,17,19H,8-9,13H2,1-2H3/t17-,19-,22+/m0/s1. The molecule has 2 nitrogen and oxygen atoms in total. The zero-order valence-corrected chi connectivity index (χ0v) is 14.2. The van der Waals surface area contributed by atoms with Crippen LogP contribution in [0.4, 0.5) is 0 Å². The molecule has 2 heteroatoms. The van der Waals surface area contributed by atoms with Crippen molar-refractivity contribution in [2.75, 3.05) is 0 Å². The van der Waals surface area contributed by atoms with E-state index in [1.807, 2.05) is 19.1 Å². The Morgan fingerprint density at radius 1 is 1.08 bits per heavy atom. The molecule has 1 saturated carbocycles. The van der Waals surface area contributed by atoms with Crippen LogP contribution in [-0.2, 0) is 9.59 Å². The van der Waals surface area contributed by atoms with E-state index in [0.717, 1.165) is 19.3 Å². The molecule has 3 atom stereocenters. The second kappa shape index (κ2) is 5.41. The summed E-state index contributed by atoms with van der Waals surface area (Å²) in [7, 11) is 0. The number of rotatable bonds is 1. The van der Waals surface area contributed by atoms with Crippen molar-refractivity contribution >= 4 is 11.6 Å². The van der Waals surface area contributed by atoms with Crippen molar-refractivity contribution in [3.05, 3.63) is 70.8 Å². The maximum Gasteiger partial charge on any atom is 0.183 e. The first-order chi connectivity index (χ1) is 11.5. The number of carbonyl (C=O) groups is 2. The fourth-order valence-electron chi connectivity index (χ4n) is 4.82. The minimum absolute atomic E-state index is 0.00624. The molecule has 4 rings (SSSR count). The summed E-state index contributed by atoms with van der Waals surface area (Å²) in [5.74, 6) is 0.722. The molecular formula is C22H22O2. The smallest absolute Gasteiger partial charge is 0.183 e. The normalized spacial score (nSPS) is 32.3. The molecule has 0 spiro atoms. The van der Waals surface area contributed by atoms with Crippen molar-refractivity contribution < 1.29 is 9.59 Å². The van der Waals surface area contributed by atoms with Crippen molar-refractivity contribution in [2.45, 2.75) is 39.0 Å². The van der Waals surface area contributed by atoms with Gasteiger partial charge in [-0.3, -0.25) is 9.59 Å². The monoisotopic (exact) mass is 318 g/mol. The molecule has 0 saturated heterocycles. The van der Waals surface area contributed by atoms with E-state index in [4.69, 9.17) is 0 Å². The molecule has 0 aromatic heterocycles. The number of hydrogen-bond acceptors (Lipinski definition) is 2. The molecule has 0 N–H and O–H groups in total. The van der Waals surface area contributed by atoms with E-state index >= 15 is 0 Å². The van der Waals surface area contributed by atoms with E-state index in [1.54, 1.807) is 6.92 Å². The number of carbonyl (C=O) groups excluding carboxylic acids is 2. The minimum Gasteiger partial charge on any atom is -0.294 e. The van der Waals surface area contributed by atoms with Crippen LogP contribution in [0.5, 0.6) is 0 Å². The van der Waals surface area contributed by atoms with Crippen molar-refractivity contribution in [1.82, 2.24) is 0 Å². The molecule has 0 amide bonds. The number of Topliss-reactive ketones (excluding diaryl/α,β-unsaturated/α-hetero) is 1. The SMILES string of the molecule is CC1=CC(=O)C2=CC=C3CC[C@H](c4ccccc4)C[C@@H]3[C@]2(C)C1=O. The van der Waals surface area contributed by atoms with Crippen LogP contribution in [0.25, 0.3) is 0 Å². The molecule has 24 heavy (non-hydrogen) atoms. The van der Waals surface area contributed by atoms with Crippen LogP contribution in [0.1, 0.15) is 44.6 Å². The summed E-state index contributed by atoms with van der Waals surface area (Å²) in [4.78, 5) is 25.5. The Balaban J connectivity index is 1.75. The van der Waals surface area contributed by atoms with Crippen molar-refractivity contribution in [2.24, 2.45) is 11.3 Å². The Hall–Kier alpha value is -2.22. The molecular weight excluding hydrogens is 296 g/mol. The number of fused-ring (bicyclic) bond motifs is 3. The van der Waals surface area contributed by atoms with E-state index in [-0.39, 0.29) is 17.5 Å². The van der Waals surface area contributed by atoms with Gasteiger partial charge in [-0.25, -0.2) is 0 Å². The zero-order valence-electron chi connectivity index (χ0n) is 14.2. The molecule has 122 valence electrons. The number of hydrogen-bond donors (Lipinski definition) is 0. The summed E-state index contributed by atoms with van der Waals surface area (Å²) >= 11 is 0. The van der Waals surface area contributed by atoms with E-state index in [0.29, 0.717) is 17.1 Å². The summed E-state index contributed by atoms with van der Waals surface area (Å²) in [5, 5.41) is 0. The summed E-state index contributed by atoms with van der Waals surface area (Å²) in [5.41, 5.74) is 3.28. The van der Waals surface area contributed by atoms with Crippen LogP contribution in [0.2, 0.25) is 0 Å². The number of ketones is 2. The highest BCUT2D eigenvalue weighted by Gasteiger charge is 2.52.